The minimum atomic E-state index is -0.0950. The standard InChI is InChI=1S/C24H27N5O/c30-23-19-7-2-4-9-22(19)27-24(28-23)25-12-5-13-29-14-10-17(11-15-29)20-16-26-21-8-3-1-6-18(20)21/h1-4,6-9,16-17,26H,5,10-15H2,(H2,25,27,28,30). The van der Waals surface area contributed by atoms with Gasteiger partial charge in [-0.15, -0.1) is 0 Å². The van der Waals surface area contributed by atoms with Crippen molar-refractivity contribution in [3.8, 4) is 0 Å². The van der Waals surface area contributed by atoms with Crippen LogP contribution in [0.5, 0.6) is 0 Å². The SMILES string of the molecule is O=c1[nH]c(NCCCN2CCC(c3c[nH]c4ccccc34)CC2)nc2ccccc12. The highest BCUT2D eigenvalue weighted by atomic mass is 16.1. The highest BCUT2D eigenvalue weighted by Gasteiger charge is 2.22. The van der Waals surface area contributed by atoms with Crippen LogP contribution in [0.3, 0.4) is 0 Å². The number of nitrogens with one attached hydrogen (secondary N) is 3. The van der Waals surface area contributed by atoms with Crippen LogP contribution in [-0.4, -0.2) is 46.0 Å². The van der Waals surface area contributed by atoms with Crippen molar-refractivity contribution in [2.45, 2.75) is 25.2 Å². The fraction of sp³-hybridized carbons (Fsp3) is 0.333. The maximum Gasteiger partial charge on any atom is 0.260 e. The lowest BCUT2D eigenvalue weighted by atomic mass is 9.89. The molecule has 0 atom stereocenters. The van der Waals surface area contributed by atoms with Crippen molar-refractivity contribution in [3.63, 3.8) is 0 Å². The van der Waals surface area contributed by atoms with Gasteiger partial charge < -0.3 is 15.2 Å². The molecule has 1 saturated heterocycles. The number of fused-ring (bicyclic) bond motifs is 2. The lowest BCUT2D eigenvalue weighted by molar-refractivity contribution is 0.212. The average Bonchev–Trinajstić information content (AvgIpc) is 3.21. The molecule has 2 aromatic heterocycles. The van der Waals surface area contributed by atoms with Gasteiger partial charge >= 0.3 is 0 Å². The van der Waals surface area contributed by atoms with Crippen LogP contribution in [0.1, 0.15) is 30.7 Å². The third-order valence-corrected chi connectivity index (χ3v) is 6.21. The van der Waals surface area contributed by atoms with E-state index >= 15 is 0 Å². The summed E-state index contributed by atoms with van der Waals surface area (Å²) in [7, 11) is 0. The summed E-state index contributed by atoms with van der Waals surface area (Å²) < 4.78 is 0. The summed E-state index contributed by atoms with van der Waals surface area (Å²) in [4.78, 5) is 25.4. The third kappa shape index (κ3) is 3.83. The van der Waals surface area contributed by atoms with E-state index in [0.717, 1.165) is 38.1 Å². The fourth-order valence-electron chi connectivity index (χ4n) is 4.58. The van der Waals surface area contributed by atoms with Crippen molar-refractivity contribution in [2.24, 2.45) is 0 Å². The average molecular weight is 402 g/mol. The number of hydrogen-bond donors (Lipinski definition) is 3. The molecule has 3 N–H and O–H groups in total. The molecule has 0 aliphatic carbocycles. The van der Waals surface area contributed by atoms with E-state index < -0.39 is 0 Å². The summed E-state index contributed by atoms with van der Waals surface area (Å²) in [6.45, 7) is 4.12. The van der Waals surface area contributed by atoms with Crippen LogP contribution in [0.2, 0.25) is 0 Å². The van der Waals surface area contributed by atoms with Gasteiger partial charge in [0, 0.05) is 23.6 Å². The van der Waals surface area contributed by atoms with E-state index in [0.29, 0.717) is 17.3 Å². The zero-order chi connectivity index (χ0) is 20.3. The van der Waals surface area contributed by atoms with Gasteiger partial charge in [0.15, 0.2) is 0 Å². The van der Waals surface area contributed by atoms with Gasteiger partial charge in [-0.1, -0.05) is 30.3 Å². The molecule has 4 aromatic rings. The molecular weight excluding hydrogens is 374 g/mol. The molecule has 6 nitrogen and oxygen atoms in total. The first-order valence-corrected chi connectivity index (χ1v) is 10.8. The number of para-hydroxylation sites is 2. The molecule has 0 spiro atoms. The van der Waals surface area contributed by atoms with Crippen molar-refractivity contribution in [1.82, 2.24) is 19.9 Å². The quantitative estimate of drug-likeness (QED) is 0.426. The van der Waals surface area contributed by atoms with Crippen molar-refractivity contribution in [2.75, 3.05) is 31.5 Å². The zero-order valence-electron chi connectivity index (χ0n) is 17.0. The molecule has 154 valence electrons. The summed E-state index contributed by atoms with van der Waals surface area (Å²) in [5.74, 6) is 1.19. The molecule has 0 bridgehead atoms. The second-order valence-electron chi connectivity index (χ2n) is 8.12. The predicted molar refractivity (Wildman–Crippen MR) is 122 cm³/mol. The molecule has 6 heteroatoms. The Morgan fingerprint density at radius 1 is 1.03 bits per heavy atom. The van der Waals surface area contributed by atoms with E-state index in [1.165, 1.54) is 29.3 Å². The van der Waals surface area contributed by atoms with Crippen LogP contribution in [-0.2, 0) is 0 Å². The predicted octanol–water partition coefficient (Wildman–Crippen LogP) is 4.09. The van der Waals surface area contributed by atoms with Crippen LogP contribution in [0, 0.1) is 0 Å². The highest BCUT2D eigenvalue weighted by molar-refractivity contribution is 5.83. The van der Waals surface area contributed by atoms with Crippen molar-refractivity contribution in [1.29, 1.82) is 0 Å². The number of hydrogen-bond acceptors (Lipinski definition) is 4. The van der Waals surface area contributed by atoms with Crippen LogP contribution in [0.25, 0.3) is 21.8 Å². The molecule has 2 aromatic carbocycles. The van der Waals surface area contributed by atoms with E-state index in [2.05, 4.69) is 55.6 Å². The lowest BCUT2D eigenvalue weighted by Gasteiger charge is -2.32. The number of rotatable bonds is 6. The first-order chi connectivity index (χ1) is 14.8. The number of H-pyrrole nitrogens is 2. The second-order valence-corrected chi connectivity index (χ2v) is 8.12. The highest BCUT2D eigenvalue weighted by Crippen LogP contribution is 2.33. The van der Waals surface area contributed by atoms with Gasteiger partial charge in [0.05, 0.1) is 10.9 Å². The van der Waals surface area contributed by atoms with Gasteiger partial charge in [0.25, 0.3) is 5.56 Å². The summed E-state index contributed by atoms with van der Waals surface area (Å²) in [6, 6.07) is 16.0. The minimum absolute atomic E-state index is 0.0950. The normalized spacial score (nSPS) is 15.7. The van der Waals surface area contributed by atoms with Gasteiger partial charge in [0.2, 0.25) is 5.95 Å². The Hall–Kier alpha value is -3.12. The van der Waals surface area contributed by atoms with Crippen LogP contribution >= 0.6 is 0 Å². The smallest absolute Gasteiger partial charge is 0.260 e. The summed E-state index contributed by atoms with van der Waals surface area (Å²) in [5, 5.41) is 5.27. The van der Waals surface area contributed by atoms with Gasteiger partial charge in [-0.2, -0.15) is 0 Å². The Balaban J connectivity index is 1.11. The van der Waals surface area contributed by atoms with E-state index in [9.17, 15) is 4.79 Å². The number of piperidine rings is 1. The first kappa shape index (κ1) is 18.9. The number of aromatic amines is 2. The van der Waals surface area contributed by atoms with E-state index in [1.54, 1.807) is 6.07 Å². The number of likely N-dealkylation sites (tertiary alicyclic amines) is 1. The van der Waals surface area contributed by atoms with E-state index in [4.69, 9.17) is 0 Å². The number of aromatic nitrogens is 3. The summed E-state index contributed by atoms with van der Waals surface area (Å²) >= 11 is 0. The molecule has 1 aliphatic heterocycles. The van der Waals surface area contributed by atoms with Crippen LogP contribution in [0.4, 0.5) is 5.95 Å². The molecule has 5 rings (SSSR count). The summed E-state index contributed by atoms with van der Waals surface area (Å²) in [5.41, 5.74) is 3.34. The van der Waals surface area contributed by atoms with Crippen molar-refractivity contribution >= 4 is 27.8 Å². The molecule has 1 aliphatic rings. The summed E-state index contributed by atoms with van der Waals surface area (Å²) in [6.07, 6.45) is 5.63. The second kappa shape index (κ2) is 8.32. The van der Waals surface area contributed by atoms with E-state index in [-0.39, 0.29) is 5.56 Å². The largest absolute Gasteiger partial charge is 0.361 e. The van der Waals surface area contributed by atoms with Crippen LogP contribution in [0.15, 0.2) is 59.5 Å². The molecule has 3 heterocycles. The van der Waals surface area contributed by atoms with Crippen molar-refractivity contribution < 1.29 is 0 Å². The first-order valence-electron chi connectivity index (χ1n) is 10.8. The Morgan fingerprint density at radius 3 is 2.67 bits per heavy atom. The maximum atomic E-state index is 12.1. The van der Waals surface area contributed by atoms with Gasteiger partial charge in [-0.05, 0) is 68.6 Å². The number of anilines is 1. The Morgan fingerprint density at radius 2 is 1.80 bits per heavy atom. The lowest BCUT2D eigenvalue weighted by Crippen LogP contribution is -2.34. The van der Waals surface area contributed by atoms with Crippen LogP contribution < -0.4 is 10.9 Å². The molecule has 0 saturated carbocycles. The van der Waals surface area contributed by atoms with Gasteiger partial charge in [-0.3, -0.25) is 9.78 Å². The zero-order valence-corrected chi connectivity index (χ0v) is 17.0. The Bertz CT molecular complexity index is 1200. The fourth-order valence-corrected chi connectivity index (χ4v) is 4.58. The molecule has 30 heavy (non-hydrogen) atoms. The van der Waals surface area contributed by atoms with Gasteiger partial charge in [0.1, 0.15) is 0 Å². The molecule has 0 unspecified atom stereocenters. The molecular formula is C24H27N5O. The molecule has 0 amide bonds. The Kier molecular flexibility index (Phi) is 5.24. The molecule has 0 radical (unpaired) electrons. The monoisotopic (exact) mass is 401 g/mol. The Labute approximate surface area is 175 Å². The number of nitrogens with zero attached hydrogens (tertiary/aromatic N) is 2. The van der Waals surface area contributed by atoms with E-state index in [1.807, 2.05) is 18.2 Å². The minimum Gasteiger partial charge on any atom is -0.361 e. The van der Waals surface area contributed by atoms with Crippen molar-refractivity contribution in [3.05, 3.63) is 70.6 Å². The third-order valence-electron chi connectivity index (χ3n) is 6.21. The van der Waals surface area contributed by atoms with Gasteiger partial charge in [-0.25, -0.2) is 4.98 Å². The topological polar surface area (TPSA) is 76.8 Å². The number of benzene rings is 2. The molecule has 1 fully saturated rings. The maximum absolute atomic E-state index is 12.1.